The zero-order valence-corrected chi connectivity index (χ0v) is 23.5. The third-order valence-electron chi connectivity index (χ3n) is 7.29. The van der Waals surface area contributed by atoms with E-state index in [1.807, 2.05) is 24.3 Å². The minimum atomic E-state index is 0.707. The van der Waals surface area contributed by atoms with Gasteiger partial charge in [-0.2, -0.15) is 0 Å². The Kier molecular flexibility index (Phi) is 6.67. The predicted octanol–water partition coefficient (Wildman–Crippen LogP) is 9.98. The van der Waals surface area contributed by atoms with Crippen molar-refractivity contribution in [2.45, 2.75) is 13.3 Å². The van der Waals surface area contributed by atoms with E-state index in [4.69, 9.17) is 15.0 Å². The Hall–Kier alpha value is -4.93. The van der Waals surface area contributed by atoms with Crippen LogP contribution in [0.25, 0.3) is 66.4 Å². The van der Waals surface area contributed by atoms with Gasteiger partial charge in [0.25, 0.3) is 0 Å². The highest BCUT2D eigenvalue weighted by Crippen LogP contribution is 2.36. The summed E-state index contributed by atoms with van der Waals surface area (Å²) in [5.41, 5.74) is 10.6. The van der Waals surface area contributed by atoms with Gasteiger partial charge in [-0.05, 0) is 46.9 Å². The van der Waals surface area contributed by atoms with Gasteiger partial charge in [-0.1, -0.05) is 122 Å². The average molecular weight is 546 g/mol. The van der Waals surface area contributed by atoms with E-state index in [1.54, 1.807) is 11.3 Å². The van der Waals surface area contributed by atoms with Gasteiger partial charge in [0.05, 0.1) is 26.6 Å². The monoisotopic (exact) mass is 545 g/mol. The molecule has 0 spiro atoms. The number of thiazole rings is 1. The molecule has 0 radical (unpaired) electrons. The van der Waals surface area contributed by atoms with E-state index in [2.05, 4.69) is 116 Å². The minimum Gasteiger partial charge on any atom is -0.241 e. The van der Waals surface area contributed by atoms with Crippen LogP contribution < -0.4 is 0 Å². The molecule has 0 unspecified atom stereocenters. The maximum atomic E-state index is 5.14. The van der Waals surface area contributed by atoms with Crippen molar-refractivity contribution < 1.29 is 0 Å². The Morgan fingerprint density at radius 3 is 1.80 bits per heavy atom. The van der Waals surface area contributed by atoms with Crippen molar-refractivity contribution in [3.8, 4) is 56.2 Å². The van der Waals surface area contributed by atoms with Gasteiger partial charge in [0.2, 0.25) is 0 Å². The molecular formula is C37H27N3S. The van der Waals surface area contributed by atoms with E-state index in [0.29, 0.717) is 5.82 Å². The van der Waals surface area contributed by atoms with Crippen molar-refractivity contribution >= 4 is 21.6 Å². The van der Waals surface area contributed by atoms with Gasteiger partial charge in [0, 0.05) is 16.7 Å². The Bertz CT molecular complexity index is 1960. The van der Waals surface area contributed by atoms with Crippen LogP contribution in [-0.4, -0.2) is 15.0 Å². The summed E-state index contributed by atoms with van der Waals surface area (Å²) in [4.78, 5) is 15.0. The highest BCUT2D eigenvalue weighted by molar-refractivity contribution is 7.18. The molecule has 7 rings (SSSR count). The SMILES string of the molecule is CCc1nc2cc(-c3ccccc3-c3cc(-c4ccccc4)nc(-c4ccc(-c5ccccc5)cc4)n3)ccc2s1. The molecule has 0 bridgehead atoms. The third-order valence-corrected chi connectivity index (χ3v) is 8.47. The fraction of sp³-hybridized carbons (Fsp3) is 0.0541. The average Bonchev–Trinajstić information content (AvgIpc) is 3.48. The number of benzene rings is 5. The van der Waals surface area contributed by atoms with Crippen molar-refractivity contribution in [3.63, 3.8) is 0 Å². The van der Waals surface area contributed by atoms with Crippen LogP contribution in [0, 0.1) is 0 Å². The van der Waals surface area contributed by atoms with Crippen LogP contribution in [0.5, 0.6) is 0 Å². The summed E-state index contributed by atoms with van der Waals surface area (Å²) in [5, 5.41) is 1.16. The second-order valence-corrected chi connectivity index (χ2v) is 11.1. The molecule has 0 aliphatic heterocycles. The number of fused-ring (bicyclic) bond motifs is 1. The Morgan fingerprint density at radius 1 is 0.488 bits per heavy atom. The second-order valence-electron chi connectivity index (χ2n) is 9.96. The molecule has 0 N–H and O–H groups in total. The maximum Gasteiger partial charge on any atom is 0.160 e. The molecule has 0 saturated carbocycles. The van der Waals surface area contributed by atoms with Gasteiger partial charge in [-0.3, -0.25) is 0 Å². The molecule has 0 fully saturated rings. The standard InChI is InChI=1S/C37H27N3S/c1-2-36-38-34-23-29(21-22-35(34)41-36)30-15-9-10-16-31(30)33-24-32(27-13-7-4-8-14-27)39-37(40-33)28-19-17-26(18-20-28)25-11-5-3-6-12-25/h3-24H,2H2,1H3. The van der Waals surface area contributed by atoms with Gasteiger partial charge >= 0.3 is 0 Å². The summed E-state index contributed by atoms with van der Waals surface area (Å²) in [6, 6.07) is 46.4. The number of aryl methyl sites for hydroxylation is 1. The molecule has 41 heavy (non-hydrogen) atoms. The van der Waals surface area contributed by atoms with Crippen molar-refractivity contribution in [3.05, 3.63) is 138 Å². The van der Waals surface area contributed by atoms with Crippen LogP contribution in [0.4, 0.5) is 0 Å². The molecule has 0 amide bonds. The second kappa shape index (κ2) is 10.9. The first-order valence-electron chi connectivity index (χ1n) is 13.8. The normalized spacial score (nSPS) is 11.1. The first-order valence-corrected chi connectivity index (χ1v) is 14.7. The Balaban J connectivity index is 1.36. The molecule has 2 heterocycles. The number of hydrogen-bond donors (Lipinski definition) is 0. The molecule has 7 aromatic rings. The van der Waals surface area contributed by atoms with Crippen molar-refractivity contribution in [1.29, 1.82) is 0 Å². The lowest BCUT2D eigenvalue weighted by molar-refractivity contribution is 1.11. The van der Waals surface area contributed by atoms with Crippen LogP contribution in [0.3, 0.4) is 0 Å². The molecule has 4 heteroatoms. The fourth-order valence-electron chi connectivity index (χ4n) is 5.17. The molecule has 0 aliphatic carbocycles. The highest BCUT2D eigenvalue weighted by atomic mass is 32.1. The van der Waals surface area contributed by atoms with E-state index in [1.165, 1.54) is 15.8 Å². The van der Waals surface area contributed by atoms with Crippen LogP contribution >= 0.6 is 11.3 Å². The summed E-state index contributed by atoms with van der Waals surface area (Å²) < 4.78 is 1.22. The lowest BCUT2D eigenvalue weighted by atomic mass is 9.96. The summed E-state index contributed by atoms with van der Waals surface area (Å²) >= 11 is 1.77. The van der Waals surface area contributed by atoms with Gasteiger partial charge in [-0.15, -0.1) is 11.3 Å². The van der Waals surface area contributed by atoms with E-state index < -0.39 is 0 Å². The highest BCUT2D eigenvalue weighted by Gasteiger charge is 2.15. The van der Waals surface area contributed by atoms with Gasteiger partial charge in [-0.25, -0.2) is 15.0 Å². The first-order chi connectivity index (χ1) is 20.2. The molecule has 0 atom stereocenters. The van der Waals surface area contributed by atoms with Gasteiger partial charge < -0.3 is 0 Å². The quantitative estimate of drug-likeness (QED) is 0.209. The zero-order chi connectivity index (χ0) is 27.6. The van der Waals surface area contributed by atoms with E-state index in [0.717, 1.165) is 56.2 Å². The third kappa shape index (κ3) is 5.06. The lowest BCUT2D eigenvalue weighted by Crippen LogP contribution is -1.97. The zero-order valence-electron chi connectivity index (χ0n) is 22.7. The fourth-order valence-corrected chi connectivity index (χ4v) is 6.05. The smallest absolute Gasteiger partial charge is 0.160 e. The van der Waals surface area contributed by atoms with E-state index >= 15 is 0 Å². The van der Waals surface area contributed by atoms with Crippen LogP contribution in [0.15, 0.2) is 133 Å². The number of hydrogen-bond acceptors (Lipinski definition) is 4. The molecule has 5 aromatic carbocycles. The number of nitrogens with zero attached hydrogens (tertiary/aromatic N) is 3. The lowest BCUT2D eigenvalue weighted by Gasteiger charge is -2.13. The van der Waals surface area contributed by atoms with Gasteiger partial charge in [0.1, 0.15) is 0 Å². The van der Waals surface area contributed by atoms with E-state index in [-0.39, 0.29) is 0 Å². The summed E-state index contributed by atoms with van der Waals surface area (Å²) in [7, 11) is 0. The van der Waals surface area contributed by atoms with Crippen LogP contribution in [-0.2, 0) is 6.42 Å². The number of rotatable bonds is 6. The van der Waals surface area contributed by atoms with E-state index in [9.17, 15) is 0 Å². The van der Waals surface area contributed by atoms with Crippen molar-refractivity contribution in [2.24, 2.45) is 0 Å². The molecule has 2 aromatic heterocycles. The molecule has 0 aliphatic rings. The molecule has 0 saturated heterocycles. The number of aromatic nitrogens is 3. The van der Waals surface area contributed by atoms with Crippen molar-refractivity contribution in [1.82, 2.24) is 15.0 Å². The molecular weight excluding hydrogens is 518 g/mol. The Morgan fingerprint density at radius 2 is 1.07 bits per heavy atom. The maximum absolute atomic E-state index is 5.14. The Labute approximate surface area is 243 Å². The molecule has 196 valence electrons. The van der Waals surface area contributed by atoms with Crippen LogP contribution in [0.1, 0.15) is 11.9 Å². The van der Waals surface area contributed by atoms with Gasteiger partial charge in [0.15, 0.2) is 5.82 Å². The largest absolute Gasteiger partial charge is 0.241 e. The first kappa shape index (κ1) is 25.1. The van der Waals surface area contributed by atoms with Crippen LogP contribution in [0.2, 0.25) is 0 Å². The minimum absolute atomic E-state index is 0.707. The summed E-state index contributed by atoms with van der Waals surface area (Å²) in [6.07, 6.45) is 0.948. The summed E-state index contributed by atoms with van der Waals surface area (Å²) in [6.45, 7) is 2.15. The molecule has 3 nitrogen and oxygen atoms in total. The van der Waals surface area contributed by atoms with Crippen molar-refractivity contribution in [2.75, 3.05) is 0 Å². The topological polar surface area (TPSA) is 38.7 Å². The summed E-state index contributed by atoms with van der Waals surface area (Å²) in [5.74, 6) is 0.707. The predicted molar refractivity (Wildman–Crippen MR) is 172 cm³/mol.